The van der Waals surface area contributed by atoms with Gasteiger partial charge >= 0.3 is 0 Å². The first-order valence-corrected chi connectivity index (χ1v) is 12.1. The Morgan fingerprint density at radius 1 is 1.12 bits per heavy atom. The first-order valence-electron chi connectivity index (χ1n) is 11.7. The number of nitriles is 1. The molecule has 3 heterocycles. The van der Waals surface area contributed by atoms with Crippen LogP contribution in [0.25, 0.3) is 0 Å². The maximum atomic E-state index is 13.4. The molecule has 0 bridgehead atoms. The van der Waals surface area contributed by atoms with Crippen molar-refractivity contribution in [2.24, 2.45) is 11.8 Å². The van der Waals surface area contributed by atoms with E-state index >= 15 is 0 Å². The van der Waals surface area contributed by atoms with Gasteiger partial charge in [-0.15, -0.1) is 0 Å². The summed E-state index contributed by atoms with van der Waals surface area (Å²) >= 11 is 5.95. The third-order valence-corrected chi connectivity index (χ3v) is 7.27. The minimum absolute atomic E-state index is 0.0617. The Labute approximate surface area is 205 Å². The smallest absolute Gasteiger partial charge is 0.225 e. The molecule has 0 saturated carbocycles. The molecule has 0 spiro atoms. The lowest BCUT2D eigenvalue weighted by atomic mass is 9.85. The summed E-state index contributed by atoms with van der Waals surface area (Å²) in [4.78, 5) is 33.1. The van der Waals surface area contributed by atoms with Crippen molar-refractivity contribution in [3.63, 3.8) is 0 Å². The number of hydrogen-bond donors (Lipinski definition) is 0. The van der Waals surface area contributed by atoms with E-state index in [9.17, 15) is 9.59 Å². The second kappa shape index (κ2) is 10.4. The van der Waals surface area contributed by atoms with E-state index in [4.69, 9.17) is 21.6 Å². The highest BCUT2D eigenvalue weighted by Gasteiger charge is 2.42. The predicted molar refractivity (Wildman–Crippen MR) is 128 cm³/mol. The fourth-order valence-corrected chi connectivity index (χ4v) is 5.16. The highest BCUT2D eigenvalue weighted by molar-refractivity contribution is 6.30. The fraction of sp³-hybridized carbons (Fsp3) is 0.462. The number of pyridine rings is 1. The summed E-state index contributed by atoms with van der Waals surface area (Å²) in [5, 5.41) is 9.71. The second-order valence-corrected chi connectivity index (χ2v) is 9.60. The van der Waals surface area contributed by atoms with E-state index in [0.717, 1.165) is 5.56 Å². The Hall–Kier alpha value is -3.11. The van der Waals surface area contributed by atoms with Crippen molar-refractivity contribution >= 4 is 23.4 Å². The van der Waals surface area contributed by atoms with Gasteiger partial charge in [0.2, 0.25) is 17.7 Å². The van der Waals surface area contributed by atoms with Crippen molar-refractivity contribution in [3.05, 3.63) is 58.7 Å². The number of amides is 2. The number of aromatic nitrogens is 1. The highest BCUT2D eigenvalue weighted by atomic mass is 35.5. The van der Waals surface area contributed by atoms with Crippen LogP contribution in [0.15, 0.2) is 42.6 Å². The van der Waals surface area contributed by atoms with Gasteiger partial charge in [-0.05, 0) is 43.5 Å². The van der Waals surface area contributed by atoms with Crippen LogP contribution in [0, 0.1) is 23.2 Å². The molecular weight excluding hydrogens is 452 g/mol. The average Bonchev–Trinajstić information content (AvgIpc) is 3.31. The summed E-state index contributed by atoms with van der Waals surface area (Å²) in [6, 6.07) is 13.2. The molecule has 2 aliphatic rings. The van der Waals surface area contributed by atoms with E-state index in [1.54, 1.807) is 25.3 Å². The molecule has 2 aliphatic heterocycles. The molecule has 178 valence electrons. The molecular formula is C26H29ClN4O3. The van der Waals surface area contributed by atoms with Crippen LogP contribution in [0.4, 0.5) is 0 Å². The molecule has 2 fully saturated rings. The SMILES string of the molecule is CC(=O)N1CCC(C(=O)N2CC(c3ccc(C#N)cc3)C(C(C)Oc3ccc(Cl)cn3)C2)CC1. The first-order chi connectivity index (χ1) is 16.4. The van der Waals surface area contributed by atoms with Crippen LogP contribution in [0.3, 0.4) is 0 Å². The third kappa shape index (κ3) is 5.34. The number of rotatable bonds is 5. The number of halogens is 1. The van der Waals surface area contributed by atoms with Crippen LogP contribution in [-0.4, -0.2) is 58.9 Å². The Morgan fingerprint density at radius 2 is 1.82 bits per heavy atom. The summed E-state index contributed by atoms with van der Waals surface area (Å²) in [5.74, 6) is 0.793. The van der Waals surface area contributed by atoms with Gasteiger partial charge in [0.25, 0.3) is 0 Å². The number of hydrogen-bond acceptors (Lipinski definition) is 5. The number of nitrogens with zero attached hydrogens (tertiary/aromatic N) is 4. The van der Waals surface area contributed by atoms with Gasteiger partial charge in [-0.2, -0.15) is 5.26 Å². The summed E-state index contributed by atoms with van der Waals surface area (Å²) in [6.45, 7) is 6.03. The molecule has 2 saturated heterocycles. The standard InChI is InChI=1S/C26H29ClN4O3/c1-17(34-25-8-7-22(27)14-29-25)23-15-31(16-24(23)20-5-3-19(13-28)4-6-20)26(33)21-9-11-30(12-10-21)18(2)32/h3-8,14,17,21,23-24H,9-12,15-16H2,1-2H3. The predicted octanol–water partition coefficient (Wildman–Crippen LogP) is 3.87. The number of carbonyl (C=O) groups is 2. The van der Waals surface area contributed by atoms with Gasteiger partial charge in [0.15, 0.2) is 0 Å². The van der Waals surface area contributed by atoms with E-state index in [0.29, 0.717) is 55.5 Å². The second-order valence-electron chi connectivity index (χ2n) is 9.17. The first kappa shape index (κ1) is 24.0. The lowest BCUT2D eigenvalue weighted by Gasteiger charge is -2.32. The molecule has 1 aromatic heterocycles. The molecule has 3 atom stereocenters. The van der Waals surface area contributed by atoms with Crippen LogP contribution >= 0.6 is 11.6 Å². The fourth-order valence-electron chi connectivity index (χ4n) is 5.05. The van der Waals surface area contributed by atoms with Gasteiger partial charge in [-0.25, -0.2) is 4.98 Å². The Bertz CT molecular complexity index is 1060. The summed E-state index contributed by atoms with van der Waals surface area (Å²) < 4.78 is 6.16. The normalized spacial score (nSPS) is 21.7. The Kier molecular flexibility index (Phi) is 7.38. The summed E-state index contributed by atoms with van der Waals surface area (Å²) in [7, 11) is 0. The molecule has 4 rings (SSSR count). The summed E-state index contributed by atoms with van der Waals surface area (Å²) in [5.41, 5.74) is 1.70. The molecule has 1 aromatic carbocycles. The summed E-state index contributed by atoms with van der Waals surface area (Å²) in [6.07, 6.45) is 2.76. The van der Waals surface area contributed by atoms with Gasteiger partial charge in [0.1, 0.15) is 6.10 Å². The quantitative estimate of drug-likeness (QED) is 0.648. The monoisotopic (exact) mass is 480 g/mol. The van der Waals surface area contributed by atoms with Crippen molar-refractivity contribution in [1.29, 1.82) is 5.26 Å². The van der Waals surface area contributed by atoms with Crippen LogP contribution < -0.4 is 4.74 Å². The molecule has 8 heteroatoms. The van der Waals surface area contributed by atoms with Crippen molar-refractivity contribution < 1.29 is 14.3 Å². The lowest BCUT2D eigenvalue weighted by Crippen LogP contribution is -2.43. The van der Waals surface area contributed by atoms with E-state index in [2.05, 4.69) is 11.1 Å². The molecule has 2 aromatic rings. The van der Waals surface area contributed by atoms with Gasteiger partial charge in [0.05, 0.1) is 16.7 Å². The van der Waals surface area contributed by atoms with Crippen molar-refractivity contribution in [2.75, 3.05) is 26.2 Å². The highest BCUT2D eigenvalue weighted by Crippen LogP contribution is 2.37. The number of piperidine rings is 1. The maximum Gasteiger partial charge on any atom is 0.225 e. The largest absolute Gasteiger partial charge is 0.474 e. The zero-order valence-corrected chi connectivity index (χ0v) is 20.2. The van der Waals surface area contributed by atoms with Crippen LogP contribution in [-0.2, 0) is 9.59 Å². The van der Waals surface area contributed by atoms with E-state index < -0.39 is 0 Å². The molecule has 3 unspecified atom stereocenters. The van der Waals surface area contributed by atoms with Gasteiger partial charge in [-0.1, -0.05) is 23.7 Å². The molecule has 0 N–H and O–H groups in total. The topological polar surface area (TPSA) is 86.5 Å². The third-order valence-electron chi connectivity index (χ3n) is 7.04. The molecule has 34 heavy (non-hydrogen) atoms. The van der Waals surface area contributed by atoms with Gasteiger partial charge < -0.3 is 14.5 Å². The molecule has 0 aliphatic carbocycles. The molecule has 7 nitrogen and oxygen atoms in total. The van der Waals surface area contributed by atoms with Crippen molar-refractivity contribution in [3.8, 4) is 11.9 Å². The van der Waals surface area contributed by atoms with Gasteiger partial charge in [-0.3, -0.25) is 9.59 Å². The number of ether oxygens (including phenoxy) is 1. The van der Waals surface area contributed by atoms with E-state index in [1.807, 2.05) is 41.0 Å². The average molecular weight is 481 g/mol. The number of carbonyl (C=O) groups excluding carboxylic acids is 2. The molecule has 0 radical (unpaired) electrons. The van der Waals surface area contributed by atoms with Crippen molar-refractivity contribution in [1.82, 2.24) is 14.8 Å². The van der Waals surface area contributed by atoms with Crippen LogP contribution in [0.5, 0.6) is 5.88 Å². The van der Waals surface area contributed by atoms with E-state index in [-0.39, 0.29) is 35.7 Å². The van der Waals surface area contributed by atoms with Crippen LogP contribution in [0.2, 0.25) is 5.02 Å². The molecule has 2 amide bonds. The number of likely N-dealkylation sites (tertiary alicyclic amines) is 2. The zero-order chi connectivity index (χ0) is 24.2. The Balaban J connectivity index is 1.51. The minimum atomic E-state index is -0.188. The Morgan fingerprint density at radius 3 is 2.41 bits per heavy atom. The minimum Gasteiger partial charge on any atom is -0.474 e. The van der Waals surface area contributed by atoms with Gasteiger partial charge in [0, 0.05) is 63.1 Å². The van der Waals surface area contributed by atoms with Crippen LogP contribution in [0.1, 0.15) is 43.7 Å². The van der Waals surface area contributed by atoms with Crippen molar-refractivity contribution in [2.45, 2.75) is 38.7 Å². The van der Waals surface area contributed by atoms with E-state index in [1.165, 1.54) is 0 Å². The lowest BCUT2D eigenvalue weighted by molar-refractivity contribution is -0.139. The number of benzene rings is 1. The maximum absolute atomic E-state index is 13.4. The zero-order valence-electron chi connectivity index (χ0n) is 19.5.